The zero-order valence-electron chi connectivity index (χ0n) is 13.6. The molecule has 4 saturated heterocycles. The van der Waals surface area contributed by atoms with Crippen LogP contribution < -0.4 is 4.74 Å². The predicted octanol–water partition coefficient (Wildman–Crippen LogP) is 0.963. The molecule has 1 aromatic carbocycles. The van der Waals surface area contributed by atoms with Gasteiger partial charge in [0, 0.05) is 5.56 Å². The standard InChI is InChI=1S/C16H22N4O3/c1-12(13-3-4-15(23-2)14(5-13)16(21)22)20-9-17-6-18(10-20)8-19(7-17)11-20/h3-5,12H,6-11H2,1-2H3/p+1/t12-/m1/s1. The van der Waals surface area contributed by atoms with Crippen molar-refractivity contribution < 1.29 is 19.1 Å². The minimum Gasteiger partial charge on any atom is -0.496 e. The molecule has 0 aliphatic carbocycles. The number of carboxylic acid groups (broad SMARTS) is 1. The van der Waals surface area contributed by atoms with E-state index in [0.29, 0.717) is 5.75 Å². The van der Waals surface area contributed by atoms with Crippen molar-refractivity contribution in [2.75, 3.05) is 47.1 Å². The number of hydrogen-bond acceptors (Lipinski definition) is 5. The van der Waals surface area contributed by atoms with Crippen LogP contribution in [0, 0.1) is 0 Å². The summed E-state index contributed by atoms with van der Waals surface area (Å²) in [5.74, 6) is -0.520. The fourth-order valence-corrected chi connectivity index (χ4v) is 4.42. The molecule has 1 atom stereocenters. The number of methoxy groups -OCH3 is 1. The molecule has 4 aliphatic rings. The Kier molecular flexibility index (Phi) is 3.35. The highest BCUT2D eigenvalue weighted by molar-refractivity contribution is 5.91. The summed E-state index contributed by atoms with van der Waals surface area (Å²) in [6.07, 6.45) is 0. The first-order chi connectivity index (χ1) is 11.0. The van der Waals surface area contributed by atoms with E-state index in [1.807, 2.05) is 6.07 Å². The molecule has 124 valence electrons. The second-order valence-electron chi connectivity index (χ2n) is 7.02. The highest BCUT2D eigenvalue weighted by Gasteiger charge is 2.51. The average Bonchev–Trinajstić information content (AvgIpc) is 2.52. The maximum absolute atomic E-state index is 11.5. The zero-order chi connectivity index (χ0) is 16.2. The summed E-state index contributed by atoms with van der Waals surface area (Å²) in [4.78, 5) is 18.9. The monoisotopic (exact) mass is 319 g/mol. The van der Waals surface area contributed by atoms with Crippen LogP contribution in [0.2, 0.25) is 0 Å². The molecule has 7 heteroatoms. The fourth-order valence-electron chi connectivity index (χ4n) is 4.42. The van der Waals surface area contributed by atoms with Gasteiger partial charge in [-0.05, 0) is 25.1 Å². The lowest BCUT2D eigenvalue weighted by atomic mass is 10.0. The summed E-state index contributed by atoms with van der Waals surface area (Å²) < 4.78 is 6.13. The number of quaternary nitrogens is 1. The first kappa shape index (κ1) is 14.9. The molecule has 0 radical (unpaired) electrons. The van der Waals surface area contributed by atoms with Crippen molar-refractivity contribution in [1.29, 1.82) is 0 Å². The minimum absolute atomic E-state index is 0.242. The van der Waals surface area contributed by atoms with E-state index < -0.39 is 5.97 Å². The van der Waals surface area contributed by atoms with Crippen molar-refractivity contribution in [2.45, 2.75) is 13.0 Å². The third-order valence-electron chi connectivity index (χ3n) is 5.40. The summed E-state index contributed by atoms with van der Waals surface area (Å²) in [5, 5.41) is 9.43. The maximum Gasteiger partial charge on any atom is 0.339 e. The molecule has 1 aromatic rings. The van der Waals surface area contributed by atoms with Gasteiger partial charge < -0.3 is 9.84 Å². The van der Waals surface area contributed by atoms with E-state index in [9.17, 15) is 9.90 Å². The molecule has 0 unspecified atom stereocenters. The summed E-state index contributed by atoms with van der Waals surface area (Å²) in [7, 11) is 1.51. The first-order valence-corrected chi connectivity index (χ1v) is 7.95. The summed E-state index contributed by atoms with van der Waals surface area (Å²) >= 11 is 0. The van der Waals surface area contributed by atoms with Crippen molar-refractivity contribution >= 4 is 5.97 Å². The molecular formula is C16H23N4O3+. The van der Waals surface area contributed by atoms with Gasteiger partial charge in [-0.3, -0.25) is 4.48 Å². The lowest BCUT2D eigenvalue weighted by Crippen LogP contribution is -2.79. The van der Waals surface area contributed by atoms with E-state index in [-0.39, 0.29) is 11.6 Å². The molecule has 7 nitrogen and oxygen atoms in total. The number of hydrogen-bond donors (Lipinski definition) is 1. The summed E-state index contributed by atoms with van der Waals surface area (Å²) in [6, 6.07) is 5.81. The van der Waals surface area contributed by atoms with Crippen LogP contribution in [-0.2, 0) is 0 Å². The van der Waals surface area contributed by atoms with Gasteiger partial charge >= 0.3 is 5.97 Å². The Labute approximate surface area is 135 Å². The topological polar surface area (TPSA) is 56.2 Å². The third kappa shape index (κ3) is 2.31. The molecule has 5 rings (SSSR count). The van der Waals surface area contributed by atoms with E-state index in [0.717, 1.165) is 50.1 Å². The van der Waals surface area contributed by atoms with E-state index in [1.165, 1.54) is 7.11 Å². The van der Waals surface area contributed by atoms with E-state index >= 15 is 0 Å². The number of ether oxygens (including phenoxy) is 1. The molecular weight excluding hydrogens is 296 g/mol. The van der Waals surface area contributed by atoms with Crippen LogP contribution in [0.25, 0.3) is 0 Å². The SMILES string of the molecule is COc1ccc([C@@H](C)[N+]23CN4CN(CN(C4)C2)C3)cc1C(=O)O. The number of carboxylic acids is 1. The molecule has 0 amide bonds. The zero-order valence-corrected chi connectivity index (χ0v) is 13.6. The minimum atomic E-state index is -0.940. The quantitative estimate of drug-likeness (QED) is 0.835. The van der Waals surface area contributed by atoms with Gasteiger partial charge in [-0.25, -0.2) is 19.5 Å². The van der Waals surface area contributed by atoms with Gasteiger partial charge in [-0.2, -0.15) is 0 Å². The van der Waals surface area contributed by atoms with Crippen LogP contribution in [0.5, 0.6) is 5.75 Å². The van der Waals surface area contributed by atoms with E-state index in [1.54, 1.807) is 12.1 Å². The van der Waals surface area contributed by atoms with Crippen LogP contribution in [0.15, 0.2) is 18.2 Å². The van der Waals surface area contributed by atoms with Crippen LogP contribution in [-0.4, -0.2) is 77.4 Å². The Morgan fingerprint density at radius 2 is 1.74 bits per heavy atom. The Bertz CT molecular complexity index is 613. The Morgan fingerprint density at radius 3 is 2.22 bits per heavy atom. The normalized spacial score (nSPS) is 36.0. The fraction of sp³-hybridized carbons (Fsp3) is 0.562. The third-order valence-corrected chi connectivity index (χ3v) is 5.40. The first-order valence-electron chi connectivity index (χ1n) is 7.95. The predicted molar refractivity (Wildman–Crippen MR) is 83.3 cm³/mol. The molecule has 23 heavy (non-hydrogen) atoms. The van der Waals surface area contributed by atoms with E-state index in [2.05, 4.69) is 21.6 Å². The van der Waals surface area contributed by atoms with Crippen molar-refractivity contribution in [2.24, 2.45) is 0 Å². The number of nitrogens with zero attached hydrogens (tertiary/aromatic N) is 4. The van der Waals surface area contributed by atoms with Crippen LogP contribution in [0.4, 0.5) is 0 Å². The lowest BCUT2D eigenvalue weighted by Gasteiger charge is -2.62. The van der Waals surface area contributed by atoms with Crippen molar-refractivity contribution in [1.82, 2.24) is 14.7 Å². The van der Waals surface area contributed by atoms with E-state index in [4.69, 9.17) is 4.74 Å². The molecule has 4 bridgehead atoms. The van der Waals surface area contributed by atoms with Crippen molar-refractivity contribution in [3.63, 3.8) is 0 Å². The van der Waals surface area contributed by atoms with Gasteiger partial charge in [0.25, 0.3) is 0 Å². The largest absolute Gasteiger partial charge is 0.496 e. The molecule has 4 aliphatic heterocycles. The highest BCUT2D eigenvalue weighted by atomic mass is 16.5. The summed E-state index contributed by atoms with van der Waals surface area (Å²) in [5.41, 5.74) is 1.31. The van der Waals surface area contributed by atoms with Gasteiger partial charge in [0.15, 0.2) is 0 Å². The highest BCUT2D eigenvalue weighted by Crippen LogP contribution is 2.38. The van der Waals surface area contributed by atoms with Gasteiger partial charge in [0.05, 0.1) is 27.1 Å². The smallest absolute Gasteiger partial charge is 0.339 e. The van der Waals surface area contributed by atoms with Crippen LogP contribution in [0.1, 0.15) is 28.9 Å². The molecule has 0 aromatic heterocycles. The van der Waals surface area contributed by atoms with Crippen molar-refractivity contribution in [3.05, 3.63) is 29.3 Å². The van der Waals surface area contributed by atoms with Gasteiger partial charge in [-0.15, -0.1) is 0 Å². The summed E-state index contributed by atoms with van der Waals surface area (Å²) in [6.45, 7) is 8.45. The second-order valence-corrected chi connectivity index (χ2v) is 7.02. The molecule has 4 fully saturated rings. The molecule has 0 spiro atoms. The van der Waals surface area contributed by atoms with Crippen molar-refractivity contribution in [3.8, 4) is 5.75 Å². The number of rotatable bonds is 4. The van der Waals surface area contributed by atoms with Crippen LogP contribution in [0.3, 0.4) is 0 Å². The number of aromatic carboxylic acids is 1. The Hall–Kier alpha value is -1.67. The van der Waals surface area contributed by atoms with Gasteiger partial charge in [-0.1, -0.05) is 0 Å². The molecule has 1 N–H and O–H groups in total. The van der Waals surface area contributed by atoms with Gasteiger partial charge in [0.1, 0.15) is 37.4 Å². The number of carbonyl (C=O) groups is 1. The molecule has 0 saturated carbocycles. The Morgan fingerprint density at radius 1 is 1.17 bits per heavy atom. The lowest BCUT2D eigenvalue weighted by molar-refractivity contribution is -1.00. The maximum atomic E-state index is 11.5. The number of benzene rings is 1. The second kappa shape index (κ2) is 5.17. The average molecular weight is 319 g/mol. The molecule has 4 heterocycles. The Balaban J connectivity index is 1.68. The van der Waals surface area contributed by atoms with Gasteiger partial charge in [0.2, 0.25) is 0 Å². The van der Waals surface area contributed by atoms with Crippen LogP contribution >= 0.6 is 0 Å².